The number of nitrogens with zero attached hydrogens (tertiary/aromatic N) is 2. The van der Waals surface area contributed by atoms with E-state index in [1.165, 1.54) is 10.4 Å². The van der Waals surface area contributed by atoms with Crippen molar-refractivity contribution in [3.05, 3.63) is 93.3 Å². The van der Waals surface area contributed by atoms with E-state index in [2.05, 4.69) is 29.0 Å². The Balaban J connectivity index is 1.55. The smallest absolute Gasteiger partial charge is 0.256 e. The van der Waals surface area contributed by atoms with Crippen LogP contribution >= 0.6 is 11.3 Å². The molecule has 0 fully saturated rings. The number of carbonyl (C=O) groups excluding carboxylic acids is 2. The van der Waals surface area contributed by atoms with Gasteiger partial charge in [0.05, 0.1) is 11.6 Å². The van der Waals surface area contributed by atoms with Crippen LogP contribution in [0.4, 0.5) is 0 Å². The number of hydrogen-bond acceptors (Lipinski definition) is 3. The Hall–Kier alpha value is -3.38. The molecule has 1 atom stereocenters. The monoisotopic (exact) mass is 443 g/mol. The van der Waals surface area contributed by atoms with Gasteiger partial charge < -0.3 is 15.2 Å². The first kappa shape index (κ1) is 20.5. The minimum atomic E-state index is -0.437. The van der Waals surface area contributed by atoms with E-state index in [9.17, 15) is 9.59 Å². The molecule has 0 bridgehead atoms. The lowest BCUT2D eigenvalue weighted by molar-refractivity contribution is 0.0666. The second-order valence-electron chi connectivity index (χ2n) is 8.19. The third-order valence-corrected chi connectivity index (χ3v) is 7.40. The summed E-state index contributed by atoms with van der Waals surface area (Å²) in [7, 11) is 0. The minimum Gasteiger partial charge on any atom is -0.366 e. The van der Waals surface area contributed by atoms with Crippen LogP contribution < -0.4 is 5.73 Å². The van der Waals surface area contributed by atoms with Crippen LogP contribution in [0.1, 0.15) is 49.7 Å². The molecule has 1 unspecified atom stereocenters. The molecule has 2 aromatic carbocycles. The lowest BCUT2D eigenvalue weighted by atomic mass is 9.94. The molecule has 5 nitrogen and oxygen atoms in total. The molecule has 0 spiro atoms. The first-order chi connectivity index (χ1) is 15.6. The zero-order valence-corrected chi connectivity index (χ0v) is 18.8. The largest absolute Gasteiger partial charge is 0.366 e. The highest BCUT2D eigenvalue weighted by Crippen LogP contribution is 2.38. The number of hydrogen-bond donors (Lipinski definition) is 1. The number of fused-ring (bicyclic) bond motifs is 2. The van der Waals surface area contributed by atoms with Gasteiger partial charge in [0, 0.05) is 40.6 Å². The second kappa shape index (κ2) is 8.28. The van der Waals surface area contributed by atoms with Gasteiger partial charge in [-0.2, -0.15) is 0 Å². The third-order valence-electron chi connectivity index (χ3n) is 6.34. The van der Waals surface area contributed by atoms with Crippen molar-refractivity contribution in [3.63, 3.8) is 0 Å². The predicted octanol–water partition coefficient (Wildman–Crippen LogP) is 4.80. The Bertz CT molecular complexity index is 1320. The number of nitrogens with two attached hydrogens (primary N) is 1. The van der Waals surface area contributed by atoms with Crippen LogP contribution in [0, 0.1) is 0 Å². The number of primary amides is 1. The summed E-state index contributed by atoms with van der Waals surface area (Å²) in [5.74, 6) is -0.379. The Morgan fingerprint density at radius 2 is 1.97 bits per heavy atom. The fourth-order valence-corrected chi connectivity index (χ4v) is 5.81. The fraction of sp³-hybridized carbons (Fsp3) is 0.231. The van der Waals surface area contributed by atoms with E-state index in [0.717, 1.165) is 35.0 Å². The van der Waals surface area contributed by atoms with E-state index in [0.29, 0.717) is 18.5 Å². The predicted molar refractivity (Wildman–Crippen MR) is 128 cm³/mol. The van der Waals surface area contributed by atoms with Crippen LogP contribution in [0.3, 0.4) is 0 Å². The summed E-state index contributed by atoms with van der Waals surface area (Å²) in [5, 5.41) is 3.10. The molecule has 4 aromatic rings. The molecular formula is C26H25N3O2S. The number of aryl methyl sites for hydroxylation is 1. The fourth-order valence-electron chi connectivity index (χ4n) is 4.74. The molecule has 2 aromatic heterocycles. The lowest BCUT2D eigenvalue weighted by Gasteiger charge is -2.36. The first-order valence-corrected chi connectivity index (χ1v) is 11.8. The molecular weight excluding hydrogens is 418 g/mol. The topological polar surface area (TPSA) is 68.3 Å². The first-order valence-electron chi connectivity index (χ1n) is 10.9. The summed E-state index contributed by atoms with van der Waals surface area (Å²) in [5.41, 5.74) is 10.1. The van der Waals surface area contributed by atoms with Gasteiger partial charge in [0.15, 0.2) is 0 Å². The van der Waals surface area contributed by atoms with Gasteiger partial charge in [0.1, 0.15) is 0 Å². The van der Waals surface area contributed by atoms with Crippen LogP contribution in [-0.4, -0.2) is 27.8 Å². The van der Waals surface area contributed by atoms with Crippen LogP contribution in [0.25, 0.3) is 10.9 Å². The number of thiophene rings is 1. The molecule has 2 amide bonds. The number of carbonyl (C=O) groups is 2. The zero-order chi connectivity index (χ0) is 22.2. The van der Waals surface area contributed by atoms with Crippen LogP contribution in [-0.2, 0) is 19.4 Å². The van der Waals surface area contributed by atoms with E-state index >= 15 is 0 Å². The van der Waals surface area contributed by atoms with E-state index in [4.69, 9.17) is 5.73 Å². The maximum Gasteiger partial charge on any atom is 0.256 e. The van der Waals surface area contributed by atoms with Crippen molar-refractivity contribution in [2.24, 2.45) is 5.73 Å². The van der Waals surface area contributed by atoms with Gasteiger partial charge in [0.2, 0.25) is 5.91 Å². The number of amides is 2. The van der Waals surface area contributed by atoms with Crippen LogP contribution in [0.2, 0.25) is 0 Å². The number of aromatic nitrogens is 1. The van der Waals surface area contributed by atoms with Crippen molar-refractivity contribution in [3.8, 4) is 0 Å². The van der Waals surface area contributed by atoms with Gasteiger partial charge in [0.25, 0.3) is 5.91 Å². The molecule has 162 valence electrons. The Morgan fingerprint density at radius 1 is 1.12 bits per heavy atom. The average Bonchev–Trinajstić information content (AvgIpc) is 3.44. The van der Waals surface area contributed by atoms with Crippen LogP contribution in [0.15, 0.2) is 66.2 Å². The highest BCUT2D eigenvalue weighted by atomic mass is 32.1. The van der Waals surface area contributed by atoms with Crippen molar-refractivity contribution >= 4 is 34.1 Å². The molecule has 1 aliphatic rings. The van der Waals surface area contributed by atoms with Gasteiger partial charge in [-0.25, -0.2) is 0 Å². The summed E-state index contributed by atoms with van der Waals surface area (Å²) in [6.07, 6.45) is 3.49. The maximum absolute atomic E-state index is 13.9. The van der Waals surface area contributed by atoms with Crippen molar-refractivity contribution in [1.29, 1.82) is 0 Å². The number of rotatable bonds is 5. The summed E-state index contributed by atoms with van der Waals surface area (Å²) < 4.78 is 2.13. The van der Waals surface area contributed by atoms with Gasteiger partial charge >= 0.3 is 0 Å². The van der Waals surface area contributed by atoms with E-state index in [1.54, 1.807) is 17.4 Å². The second-order valence-corrected chi connectivity index (χ2v) is 9.14. The average molecular weight is 444 g/mol. The van der Waals surface area contributed by atoms with Gasteiger partial charge in [-0.1, -0.05) is 30.3 Å². The summed E-state index contributed by atoms with van der Waals surface area (Å²) in [6.45, 7) is 3.58. The quantitative estimate of drug-likeness (QED) is 0.481. The SMILES string of the molecule is CCn1cc(C(=O)N2CCc3ccsc3C2Cc2cccc(C(N)=O)c2)c2ccccc21. The van der Waals surface area contributed by atoms with Crippen molar-refractivity contribution in [2.45, 2.75) is 32.4 Å². The molecule has 3 heterocycles. The highest BCUT2D eigenvalue weighted by molar-refractivity contribution is 7.10. The number of benzene rings is 2. The summed E-state index contributed by atoms with van der Waals surface area (Å²) in [6, 6.07) is 17.6. The van der Waals surface area contributed by atoms with Gasteiger partial charge in [-0.05, 0) is 60.5 Å². The molecule has 0 aliphatic carbocycles. The Labute approximate surface area is 191 Å². The highest BCUT2D eigenvalue weighted by Gasteiger charge is 2.33. The van der Waals surface area contributed by atoms with Crippen LogP contribution in [0.5, 0.6) is 0 Å². The Morgan fingerprint density at radius 3 is 2.78 bits per heavy atom. The number of para-hydroxylation sites is 1. The molecule has 0 radical (unpaired) electrons. The lowest BCUT2D eigenvalue weighted by Crippen LogP contribution is -2.40. The minimum absolute atomic E-state index is 0.0588. The van der Waals surface area contributed by atoms with E-state index in [1.807, 2.05) is 47.5 Å². The molecule has 2 N–H and O–H groups in total. The van der Waals surface area contributed by atoms with Crippen molar-refractivity contribution < 1.29 is 9.59 Å². The van der Waals surface area contributed by atoms with Crippen molar-refractivity contribution in [2.75, 3.05) is 6.54 Å². The standard InChI is InChI=1S/C26H25N3O2S/c1-2-28-16-21(20-8-3-4-9-22(20)28)26(31)29-12-10-18-11-13-32-24(18)23(29)15-17-6-5-7-19(14-17)25(27)30/h3-9,11,13-14,16,23H,2,10,12,15H2,1H3,(H2,27,30). The van der Waals surface area contributed by atoms with Gasteiger partial charge in [-0.3, -0.25) is 9.59 Å². The van der Waals surface area contributed by atoms with Gasteiger partial charge in [-0.15, -0.1) is 11.3 Å². The molecule has 6 heteroatoms. The molecule has 0 saturated carbocycles. The molecule has 1 aliphatic heterocycles. The third kappa shape index (κ3) is 3.50. The molecule has 5 rings (SSSR count). The van der Waals surface area contributed by atoms with E-state index in [-0.39, 0.29) is 11.9 Å². The molecule has 32 heavy (non-hydrogen) atoms. The van der Waals surface area contributed by atoms with E-state index < -0.39 is 5.91 Å². The summed E-state index contributed by atoms with van der Waals surface area (Å²) >= 11 is 1.70. The van der Waals surface area contributed by atoms with Crippen molar-refractivity contribution in [1.82, 2.24) is 9.47 Å². The zero-order valence-electron chi connectivity index (χ0n) is 18.0. The molecule has 0 saturated heterocycles. The maximum atomic E-state index is 13.9. The summed E-state index contributed by atoms with van der Waals surface area (Å²) in [4.78, 5) is 28.8. The normalized spacial score (nSPS) is 15.7. The Kier molecular flexibility index (Phi) is 5.31.